The lowest BCUT2D eigenvalue weighted by molar-refractivity contribution is -0.192. The number of hydrogen-bond acceptors (Lipinski definition) is 5. The fourth-order valence-electron chi connectivity index (χ4n) is 4.43. The summed E-state index contributed by atoms with van der Waals surface area (Å²) in [6.07, 6.45) is 4.80. The van der Waals surface area contributed by atoms with Crippen molar-refractivity contribution in [2.24, 2.45) is 5.41 Å². The highest BCUT2D eigenvalue weighted by Crippen LogP contribution is 2.41. The van der Waals surface area contributed by atoms with Gasteiger partial charge in [-0.15, -0.1) is 0 Å². The number of carboxylic acids is 1. The lowest BCUT2D eigenvalue weighted by Gasteiger charge is -2.50. The zero-order valence-electron chi connectivity index (χ0n) is 19.0. The molecule has 2 unspecified atom stereocenters. The third kappa shape index (κ3) is 7.74. The Morgan fingerprint density at radius 1 is 1.31 bits per heavy atom. The van der Waals surface area contributed by atoms with Crippen molar-refractivity contribution in [2.45, 2.75) is 57.2 Å². The van der Waals surface area contributed by atoms with Crippen molar-refractivity contribution in [3.8, 4) is 0 Å². The number of nitrogens with zero attached hydrogens (tertiary/aromatic N) is 2. The van der Waals surface area contributed by atoms with E-state index in [0.29, 0.717) is 6.61 Å². The van der Waals surface area contributed by atoms with Gasteiger partial charge in [0, 0.05) is 37.2 Å². The topological polar surface area (TPSA) is 79.3 Å². The van der Waals surface area contributed by atoms with Crippen molar-refractivity contribution >= 4 is 11.9 Å². The molecule has 2 atom stereocenters. The predicted octanol–water partition coefficient (Wildman–Crippen LogP) is 3.10. The number of piperidine rings is 1. The van der Waals surface area contributed by atoms with Gasteiger partial charge in [-0.25, -0.2) is 4.79 Å². The Morgan fingerprint density at radius 2 is 2.03 bits per heavy atom. The molecule has 0 aromatic rings. The SMILES string of the molecule is CN(C)CCOCC12CCCOC1CCN(C(=O)C1=CCCCC1)C2.O=C(O)C(F)(F)F. The van der Waals surface area contributed by atoms with E-state index in [-0.39, 0.29) is 17.4 Å². The van der Waals surface area contributed by atoms with Crippen LogP contribution < -0.4 is 0 Å². The van der Waals surface area contributed by atoms with Gasteiger partial charge in [0.1, 0.15) is 0 Å². The Bertz CT molecular complexity index is 668. The number of hydrogen-bond donors (Lipinski definition) is 1. The molecule has 2 heterocycles. The quantitative estimate of drug-likeness (QED) is 0.609. The Balaban J connectivity index is 0.000000451. The maximum Gasteiger partial charge on any atom is 0.490 e. The van der Waals surface area contributed by atoms with Gasteiger partial charge in [-0.05, 0) is 59.0 Å². The molecule has 0 spiro atoms. The summed E-state index contributed by atoms with van der Waals surface area (Å²) < 4.78 is 43.9. The molecule has 10 heteroatoms. The van der Waals surface area contributed by atoms with Crippen LogP contribution in [0.2, 0.25) is 0 Å². The lowest BCUT2D eigenvalue weighted by atomic mass is 9.72. The van der Waals surface area contributed by atoms with Crippen LogP contribution in [0.4, 0.5) is 13.2 Å². The second-order valence-electron chi connectivity index (χ2n) is 8.97. The largest absolute Gasteiger partial charge is 0.490 e. The second kappa shape index (κ2) is 12.0. The van der Waals surface area contributed by atoms with Crippen LogP contribution in [0, 0.1) is 5.41 Å². The fourth-order valence-corrected chi connectivity index (χ4v) is 4.43. The zero-order valence-corrected chi connectivity index (χ0v) is 19.0. The predicted molar refractivity (Wildman–Crippen MR) is 112 cm³/mol. The van der Waals surface area contributed by atoms with Crippen molar-refractivity contribution in [1.82, 2.24) is 9.80 Å². The molecular formula is C22H35F3N2O5. The number of fused-ring (bicyclic) bond motifs is 1. The van der Waals surface area contributed by atoms with Gasteiger partial charge in [0.2, 0.25) is 5.91 Å². The molecular weight excluding hydrogens is 429 g/mol. The summed E-state index contributed by atoms with van der Waals surface area (Å²) in [6, 6.07) is 0. The number of likely N-dealkylation sites (N-methyl/N-ethyl adjacent to an activating group) is 1. The van der Waals surface area contributed by atoms with E-state index in [1.165, 1.54) is 6.42 Å². The summed E-state index contributed by atoms with van der Waals surface area (Å²) in [7, 11) is 4.13. The van der Waals surface area contributed by atoms with Crippen LogP contribution in [0.15, 0.2) is 11.6 Å². The minimum atomic E-state index is -5.08. The van der Waals surface area contributed by atoms with Crippen molar-refractivity contribution in [3.63, 3.8) is 0 Å². The number of aliphatic carboxylic acids is 1. The zero-order chi connectivity index (χ0) is 23.8. The van der Waals surface area contributed by atoms with Crippen LogP contribution in [0.1, 0.15) is 44.9 Å². The summed E-state index contributed by atoms with van der Waals surface area (Å²) in [4.78, 5) is 26.1. The van der Waals surface area contributed by atoms with Gasteiger partial charge in [-0.3, -0.25) is 4.79 Å². The Morgan fingerprint density at radius 3 is 2.62 bits per heavy atom. The number of alkyl halides is 3. The maximum atomic E-state index is 13.0. The molecule has 1 N–H and O–H groups in total. The Hall–Kier alpha value is -1.65. The van der Waals surface area contributed by atoms with Gasteiger partial charge in [-0.1, -0.05) is 6.08 Å². The van der Waals surface area contributed by atoms with Crippen LogP contribution in [0.5, 0.6) is 0 Å². The third-order valence-electron chi connectivity index (χ3n) is 6.16. The molecule has 2 fully saturated rings. The number of ether oxygens (including phenoxy) is 2. The molecule has 0 aromatic heterocycles. The highest BCUT2D eigenvalue weighted by molar-refractivity contribution is 5.93. The summed E-state index contributed by atoms with van der Waals surface area (Å²) in [5.74, 6) is -2.50. The number of carbonyl (C=O) groups excluding carboxylic acids is 1. The first-order valence-electron chi connectivity index (χ1n) is 11.2. The first-order valence-corrected chi connectivity index (χ1v) is 11.2. The first-order chi connectivity index (χ1) is 15.0. The normalized spacial score (nSPS) is 26.0. The first kappa shape index (κ1) is 26.6. The minimum absolute atomic E-state index is 0.0201. The molecule has 2 aliphatic heterocycles. The molecule has 0 radical (unpaired) electrons. The number of halogens is 3. The fraction of sp³-hybridized carbons (Fsp3) is 0.818. The molecule has 0 aromatic carbocycles. The van der Waals surface area contributed by atoms with Gasteiger partial charge in [0.15, 0.2) is 0 Å². The summed E-state index contributed by atoms with van der Waals surface area (Å²) in [5.41, 5.74) is 1.01. The van der Waals surface area contributed by atoms with Gasteiger partial charge < -0.3 is 24.4 Å². The minimum Gasteiger partial charge on any atom is -0.475 e. The van der Waals surface area contributed by atoms with Gasteiger partial charge >= 0.3 is 12.1 Å². The number of carbonyl (C=O) groups is 2. The third-order valence-corrected chi connectivity index (χ3v) is 6.16. The molecule has 3 rings (SSSR count). The van der Waals surface area contributed by atoms with Crippen LogP contribution in [0.25, 0.3) is 0 Å². The highest BCUT2D eigenvalue weighted by atomic mass is 19.4. The molecule has 7 nitrogen and oxygen atoms in total. The van der Waals surface area contributed by atoms with E-state index in [9.17, 15) is 18.0 Å². The van der Waals surface area contributed by atoms with E-state index in [1.54, 1.807) is 0 Å². The van der Waals surface area contributed by atoms with Crippen molar-refractivity contribution in [1.29, 1.82) is 0 Å². The molecule has 184 valence electrons. The number of amides is 1. The summed E-state index contributed by atoms with van der Waals surface area (Å²) in [6.45, 7) is 4.82. The Labute approximate surface area is 187 Å². The van der Waals surface area contributed by atoms with Crippen LogP contribution >= 0.6 is 0 Å². The summed E-state index contributed by atoms with van der Waals surface area (Å²) >= 11 is 0. The van der Waals surface area contributed by atoms with Crippen LogP contribution in [-0.2, 0) is 19.1 Å². The number of allylic oxidation sites excluding steroid dienone is 1. The molecule has 1 aliphatic carbocycles. The lowest BCUT2D eigenvalue weighted by Crippen LogP contribution is -2.58. The average molecular weight is 465 g/mol. The molecule has 32 heavy (non-hydrogen) atoms. The number of likely N-dealkylation sites (tertiary alicyclic amines) is 1. The van der Waals surface area contributed by atoms with Crippen LogP contribution in [-0.4, -0.2) is 92.6 Å². The van der Waals surface area contributed by atoms with Gasteiger partial charge in [-0.2, -0.15) is 13.2 Å². The van der Waals surface area contributed by atoms with E-state index in [4.69, 9.17) is 19.4 Å². The van der Waals surface area contributed by atoms with Gasteiger partial charge in [0.05, 0.1) is 19.3 Å². The average Bonchev–Trinajstić information content (AvgIpc) is 2.76. The molecule has 0 saturated carbocycles. The molecule has 3 aliphatic rings. The smallest absolute Gasteiger partial charge is 0.475 e. The van der Waals surface area contributed by atoms with E-state index < -0.39 is 12.1 Å². The molecule has 2 saturated heterocycles. The highest BCUT2D eigenvalue weighted by Gasteiger charge is 2.47. The number of rotatable bonds is 6. The number of carboxylic acid groups (broad SMARTS) is 1. The van der Waals surface area contributed by atoms with E-state index in [0.717, 1.165) is 76.9 Å². The van der Waals surface area contributed by atoms with E-state index in [2.05, 4.69) is 30.0 Å². The van der Waals surface area contributed by atoms with Gasteiger partial charge in [0.25, 0.3) is 0 Å². The van der Waals surface area contributed by atoms with E-state index in [1.807, 2.05) is 0 Å². The van der Waals surface area contributed by atoms with E-state index >= 15 is 0 Å². The van der Waals surface area contributed by atoms with Crippen molar-refractivity contribution in [2.75, 3.05) is 53.6 Å². The molecule has 1 amide bonds. The molecule has 0 bridgehead atoms. The monoisotopic (exact) mass is 464 g/mol. The second-order valence-corrected chi connectivity index (χ2v) is 8.97. The summed E-state index contributed by atoms with van der Waals surface area (Å²) in [5, 5.41) is 7.12. The van der Waals surface area contributed by atoms with Crippen LogP contribution in [0.3, 0.4) is 0 Å². The standard InChI is InChI=1S/C20H34N2O3.C2HF3O2/c1-21(2)12-14-24-16-20-10-6-13-25-18(20)9-11-22(15-20)19(23)17-7-4-3-5-8-17;3-2(4,5)1(6)7/h7,18H,3-6,8-16H2,1-2H3;(H,6,7). The Kier molecular flexibility index (Phi) is 9.97. The van der Waals surface area contributed by atoms with Crippen molar-refractivity contribution < 1.29 is 37.3 Å². The van der Waals surface area contributed by atoms with Crippen molar-refractivity contribution in [3.05, 3.63) is 11.6 Å². The maximum absolute atomic E-state index is 13.0.